The quantitative estimate of drug-likeness (QED) is 0.441. The Morgan fingerprint density at radius 1 is 1.17 bits per heavy atom. The van der Waals surface area contributed by atoms with Crippen LogP contribution in [0.1, 0.15) is 29.2 Å². The van der Waals surface area contributed by atoms with Gasteiger partial charge >= 0.3 is 5.97 Å². The van der Waals surface area contributed by atoms with Crippen LogP contribution < -0.4 is 10.1 Å². The van der Waals surface area contributed by atoms with Crippen molar-refractivity contribution >= 4 is 34.9 Å². The summed E-state index contributed by atoms with van der Waals surface area (Å²) < 4.78 is 15.7. The normalized spacial score (nSPS) is 12.3. The Balaban J connectivity index is 1.67. The molecule has 1 amide bonds. The molecule has 0 radical (unpaired) electrons. The molecular formula is C22H21NO5S. The molecular weight excluding hydrogens is 390 g/mol. The van der Waals surface area contributed by atoms with Gasteiger partial charge in [0.2, 0.25) is 0 Å². The molecule has 0 fully saturated rings. The van der Waals surface area contributed by atoms with Gasteiger partial charge in [-0.25, -0.2) is 4.79 Å². The average molecular weight is 411 g/mol. The highest BCUT2D eigenvalue weighted by Crippen LogP contribution is 2.25. The summed E-state index contributed by atoms with van der Waals surface area (Å²) in [5.41, 5.74) is 1.21. The molecule has 0 aliphatic carbocycles. The van der Waals surface area contributed by atoms with Crippen LogP contribution in [0.25, 0.3) is 11.6 Å². The van der Waals surface area contributed by atoms with Gasteiger partial charge < -0.3 is 19.2 Å². The number of amides is 1. The maximum Gasteiger partial charge on any atom is 0.340 e. The number of esters is 1. The number of rotatable bonds is 8. The highest BCUT2D eigenvalue weighted by atomic mass is 32.1. The molecule has 6 nitrogen and oxygen atoms in total. The van der Waals surface area contributed by atoms with Gasteiger partial charge in [-0.1, -0.05) is 18.2 Å². The molecule has 7 heteroatoms. The summed E-state index contributed by atoms with van der Waals surface area (Å²) in [6, 6.07) is 14.2. The minimum atomic E-state index is -0.566. The van der Waals surface area contributed by atoms with E-state index in [1.165, 1.54) is 17.6 Å². The van der Waals surface area contributed by atoms with E-state index in [0.29, 0.717) is 11.3 Å². The molecule has 0 saturated heterocycles. The van der Waals surface area contributed by atoms with Crippen LogP contribution in [-0.4, -0.2) is 25.6 Å². The fourth-order valence-corrected chi connectivity index (χ4v) is 3.36. The van der Waals surface area contributed by atoms with E-state index in [2.05, 4.69) is 5.32 Å². The minimum absolute atomic E-state index is 0.317. The maximum absolute atomic E-state index is 12.7. The van der Waals surface area contributed by atoms with Crippen LogP contribution in [0.3, 0.4) is 0 Å². The molecule has 0 unspecified atom stereocenters. The Labute approximate surface area is 172 Å². The van der Waals surface area contributed by atoms with Crippen LogP contribution >= 0.6 is 11.3 Å². The first-order valence-corrected chi connectivity index (χ1v) is 9.84. The van der Waals surface area contributed by atoms with Crippen LogP contribution in [0.4, 0.5) is 0 Å². The molecule has 2 aromatic heterocycles. The predicted molar refractivity (Wildman–Crippen MR) is 111 cm³/mol. The van der Waals surface area contributed by atoms with Crippen molar-refractivity contribution in [3.8, 4) is 5.75 Å². The molecule has 3 rings (SSSR count). The minimum Gasteiger partial charge on any atom is -0.497 e. The summed E-state index contributed by atoms with van der Waals surface area (Å²) in [7, 11) is 1.59. The van der Waals surface area contributed by atoms with Gasteiger partial charge in [0.05, 0.1) is 25.0 Å². The molecule has 150 valence electrons. The largest absolute Gasteiger partial charge is 0.497 e. The van der Waals surface area contributed by atoms with Crippen molar-refractivity contribution in [1.82, 2.24) is 5.32 Å². The summed E-state index contributed by atoms with van der Waals surface area (Å²) in [4.78, 5) is 25.6. The topological polar surface area (TPSA) is 77.8 Å². The molecule has 0 saturated carbocycles. The van der Waals surface area contributed by atoms with Gasteiger partial charge in [-0.05, 0) is 54.3 Å². The zero-order valence-corrected chi connectivity index (χ0v) is 16.9. The number of benzene rings is 1. The smallest absolute Gasteiger partial charge is 0.340 e. The zero-order valence-electron chi connectivity index (χ0n) is 16.1. The molecule has 1 aromatic carbocycles. The van der Waals surface area contributed by atoms with E-state index >= 15 is 0 Å². The highest BCUT2D eigenvalue weighted by Gasteiger charge is 2.18. The van der Waals surface area contributed by atoms with Gasteiger partial charge in [0.25, 0.3) is 5.91 Å². The average Bonchev–Trinajstić information content (AvgIpc) is 3.45. The van der Waals surface area contributed by atoms with Crippen molar-refractivity contribution in [2.45, 2.75) is 13.0 Å². The lowest BCUT2D eigenvalue weighted by atomic mass is 10.1. The summed E-state index contributed by atoms with van der Waals surface area (Å²) in [5, 5.41) is 4.61. The lowest BCUT2D eigenvalue weighted by Crippen LogP contribution is -2.31. The maximum atomic E-state index is 12.7. The molecule has 3 aromatic rings. The van der Waals surface area contributed by atoms with E-state index in [1.807, 2.05) is 41.8 Å². The number of ether oxygens (including phenoxy) is 2. The van der Waals surface area contributed by atoms with Gasteiger partial charge in [-0.15, -0.1) is 11.3 Å². The second-order valence-corrected chi connectivity index (χ2v) is 7.14. The fourth-order valence-electron chi connectivity index (χ4n) is 2.63. The Kier molecular flexibility index (Phi) is 6.86. The summed E-state index contributed by atoms with van der Waals surface area (Å²) >= 11 is 1.42. The zero-order chi connectivity index (χ0) is 20.6. The van der Waals surface area contributed by atoms with E-state index in [-0.39, 0.29) is 12.6 Å². The number of hydrogen-bond acceptors (Lipinski definition) is 6. The third kappa shape index (κ3) is 5.58. The third-order valence-electron chi connectivity index (χ3n) is 4.12. The molecule has 1 atom stereocenters. The van der Waals surface area contributed by atoms with Crippen molar-refractivity contribution in [1.29, 1.82) is 0 Å². The van der Waals surface area contributed by atoms with E-state index < -0.39 is 11.9 Å². The number of carbonyl (C=O) groups is 2. The molecule has 1 N–H and O–H groups in total. The van der Waals surface area contributed by atoms with E-state index in [1.54, 1.807) is 32.2 Å². The number of nitrogens with one attached hydrogen (secondary N) is 1. The number of hydrogen-bond donors (Lipinski definition) is 1. The Morgan fingerprint density at radius 3 is 2.59 bits per heavy atom. The second kappa shape index (κ2) is 9.75. The van der Waals surface area contributed by atoms with Crippen molar-refractivity contribution < 1.29 is 23.5 Å². The van der Waals surface area contributed by atoms with E-state index in [4.69, 9.17) is 13.9 Å². The van der Waals surface area contributed by atoms with Crippen molar-refractivity contribution in [3.63, 3.8) is 0 Å². The van der Waals surface area contributed by atoms with Crippen molar-refractivity contribution in [2.24, 2.45) is 0 Å². The van der Waals surface area contributed by atoms with Gasteiger partial charge in [-0.2, -0.15) is 0 Å². The number of carbonyl (C=O) groups excluding carboxylic acids is 2. The van der Waals surface area contributed by atoms with E-state index in [9.17, 15) is 9.59 Å². The van der Waals surface area contributed by atoms with Gasteiger partial charge in [-0.3, -0.25) is 4.79 Å². The highest BCUT2D eigenvalue weighted by molar-refractivity contribution is 7.11. The molecule has 0 bridgehead atoms. The first-order valence-electron chi connectivity index (χ1n) is 8.96. The van der Waals surface area contributed by atoms with Crippen LogP contribution in [0.15, 0.2) is 64.6 Å². The number of methoxy groups -OCH3 is 1. The molecule has 0 spiro atoms. The molecule has 2 heterocycles. The first-order chi connectivity index (χ1) is 14.1. The van der Waals surface area contributed by atoms with Crippen LogP contribution in [0.2, 0.25) is 0 Å². The lowest BCUT2D eigenvalue weighted by Gasteiger charge is -2.12. The third-order valence-corrected chi connectivity index (χ3v) is 5.02. The Morgan fingerprint density at radius 2 is 1.97 bits per heavy atom. The molecule has 29 heavy (non-hydrogen) atoms. The monoisotopic (exact) mass is 411 g/mol. The Hall–Kier alpha value is -3.32. The predicted octanol–water partition coefficient (Wildman–Crippen LogP) is 4.31. The SMILES string of the molecule is COc1ccc(/C=C(/C(=O)OCC(=O)N[C@@H](C)c2ccco2)c2cccs2)cc1. The molecule has 0 aliphatic heterocycles. The number of thiophene rings is 1. The number of furan rings is 1. The van der Waals surface area contributed by atoms with Gasteiger partial charge in [0.15, 0.2) is 6.61 Å². The summed E-state index contributed by atoms with van der Waals surface area (Å²) in [6.45, 7) is 1.41. The lowest BCUT2D eigenvalue weighted by molar-refractivity contribution is -0.143. The Bertz CT molecular complexity index is 959. The van der Waals surface area contributed by atoms with Crippen LogP contribution in [0.5, 0.6) is 5.75 Å². The first kappa shape index (κ1) is 20.4. The summed E-state index contributed by atoms with van der Waals surface area (Å²) in [5.74, 6) is 0.384. The van der Waals surface area contributed by atoms with Gasteiger partial charge in [0.1, 0.15) is 11.5 Å². The van der Waals surface area contributed by atoms with Crippen LogP contribution in [-0.2, 0) is 14.3 Å². The van der Waals surface area contributed by atoms with Gasteiger partial charge in [0, 0.05) is 4.88 Å². The standard InChI is InChI=1S/C22H21NO5S/c1-15(19-5-3-11-27-19)23-21(24)14-28-22(25)18(20-6-4-12-29-20)13-16-7-9-17(26-2)10-8-16/h3-13,15H,14H2,1-2H3,(H,23,24)/b18-13+/t15-/m0/s1. The van der Waals surface area contributed by atoms with E-state index in [0.717, 1.165) is 16.2 Å². The fraction of sp³-hybridized carbons (Fsp3) is 0.182. The van der Waals surface area contributed by atoms with Crippen molar-refractivity contribution in [3.05, 3.63) is 76.4 Å². The van der Waals surface area contributed by atoms with Crippen LogP contribution in [0, 0.1) is 0 Å². The van der Waals surface area contributed by atoms with Crippen molar-refractivity contribution in [2.75, 3.05) is 13.7 Å². The summed E-state index contributed by atoms with van der Waals surface area (Å²) in [6.07, 6.45) is 3.27. The molecule has 0 aliphatic rings. The second-order valence-electron chi connectivity index (χ2n) is 6.19.